The van der Waals surface area contributed by atoms with E-state index in [9.17, 15) is 19.2 Å². The number of hydrogen-bond acceptors (Lipinski definition) is 8. The second kappa shape index (κ2) is 10.9. The van der Waals surface area contributed by atoms with Crippen LogP contribution in [0.4, 0.5) is 0 Å². The van der Waals surface area contributed by atoms with E-state index >= 15 is 0 Å². The summed E-state index contributed by atoms with van der Waals surface area (Å²) in [5.41, 5.74) is 0. The Kier molecular flexibility index (Phi) is 9.39. The molecule has 0 radical (unpaired) electrons. The maximum Gasteiger partial charge on any atom is 0.331 e. The zero-order valence-corrected chi connectivity index (χ0v) is 9.33. The second-order valence-corrected chi connectivity index (χ2v) is 2.61. The summed E-state index contributed by atoms with van der Waals surface area (Å²) >= 11 is 0. The number of rotatable bonds is 8. The van der Waals surface area contributed by atoms with Crippen molar-refractivity contribution in [1.82, 2.24) is 0 Å². The third kappa shape index (κ3) is 9.97. The molecule has 0 aliphatic carbocycles. The highest BCUT2D eigenvalue weighted by Crippen LogP contribution is 1.86. The van der Waals surface area contributed by atoms with Crippen LogP contribution < -0.4 is 0 Å². The molecule has 96 valence electrons. The van der Waals surface area contributed by atoms with Crippen molar-refractivity contribution in [3.05, 3.63) is 12.2 Å². The van der Waals surface area contributed by atoms with Gasteiger partial charge in [0.25, 0.3) is 0 Å². The highest BCUT2D eigenvalue weighted by atomic mass is 16.5. The predicted octanol–water partition coefficient (Wildman–Crippen LogP) is -0.699. The maximum atomic E-state index is 11.0. The van der Waals surface area contributed by atoms with Crippen LogP contribution in [0.2, 0.25) is 0 Å². The van der Waals surface area contributed by atoms with Crippen molar-refractivity contribution in [2.24, 2.45) is 9.98 Å². The molecular weight excluding hydrogens is 244 g/mol. The number of nitrogens with zero attached hydrogens (tertiary/aromatic N) is 2. The van der Waals surface area contributed by atoms with Crippen LogP contribution in [0.1, 0.15) is 0 Å². The minimum Gasteiger partial charge on any atom is -0.461 e. The number of carbonyl (C=O) groups is 2. The normalized spacial score (nSPS) is 9.11. The summed E-state index contributed by atoms with van der Waals surface area (Å²) in [4.78, 5) is 47.6. The summed E-state index contributed by atoms with van der Waals surface area (Å²) in [6.45, 7) is -0.141. The average molecular weight is 254 g/mol. The molecule has 0 rings (SSSR count). The zero-order chi connectivity index (χ0) is 13.6. The molecule has 0 heterocycles. The highest BCUT2D eigenvalue weighted by Gasteiger charge is 2.00. The van der Waals surface area contributed by atoms with E-state index in [-0.39, 0.29) is 26.3 Å². The van der Waals surface area contributed by atoms with Crippen molar-refractivity contribution in [3.8, 4) is 0 Å². The first-order valence-corrected chi connectivity index (χ1v) is 4.79. The van der Waals surface area contributed by atoms with Crippen molar-refractivity contribution in [3.63, 3.8) is 0 Å². The molecule has 0 aromatic heterocycles. The third-order valence-corrected chi connectivity index (χ3v) is 1.38. The summed E-state index contributed by atoms with van der Waals surface area (Å²) in [5, 5.41) is 0. The molecule has 0 atom stereocenters. The fourth-order valence-corrected chi connectivity index (χ4v) is 0.707. The largest absolute Gasteiger partial charge is 0.461 e. The van der Waals surface area contributed by atoms with Crippen LogP contribution in [0, 0.1) is 0 Å². The summed E-state index contributed by atoms with van der Waals surface area (Å²) in [7, 11) is 0. The van der Waals surface area contributed by atoms with Gasteiger partial charge in [0.15, 0.2) is 0 Å². The Hall–Kier alpha value is -2.56. The fraction of sp³-hybridized carbons (Fsp3) is 0.400. The van der Waals surface area contributed by atoms with Gasteiger partial charge in [-0.25, -0.2) is 29.2 Å². The van der Waals surface area contributed by atoms with Gasteiger partial charge in [0.05, 0.1) is 13.1 Å². The van der Waals surface area contributed by atoms with Crippen molar-refractivity contribution in [2.45, 2.75) is 0 Å². The van der Waals surface area contributed by atoms with E-state index < -0.39 is 11.9 Å². The van der Waals surface area contributed by atoms with Gasteiger partial charge >= 0.3 is 11.9 Å². The molecule has 0 fully saturated rings. The topological polar surface area (TPSA) is 111 Å². The first-order chi connectivity index (χ1) is 8.70. The second-order valence-electron chi connectivity index (χ2n) is 2.61. The lowest BCUT2D eigenvalue weighted by Crippen LogP contribution is -2.08. The highest BCUT2D eigenvalue weighted by molar-refractivity contribution is 5.91. The number of carbonyl (C=O) groups excluding carboxylic acids is 4. The molecule has 0 aromatic carbocycles. The van der Waals surface area contributed by atoms with E-state index in [2.05, 4.69) is 19.5 Å². The third-order valence-electron chi connectivity index (χ3n) is 1.38. The molecule has 0 saturated carbocycles. The van der Waals surface area contributed by atoms with Crippen molar-refractivity contribution < 1.29 is 28.7 Å². The Morgan fingerprint density at radius 3 is 1.61 bits per heavy atom. The van der Waals surface area contributed by atoms with Crippen molar-refractivity contribution in [2.75, 3.05) is 26.3 Å². The molecule has 0 aliphatic rings. The van der Waals surface area contributed by atoms with E-state index in [1.165, 1.54) is 12.2 Å². The molecule has 0 spiro atoms. The number of esters is 2. The first-order valence-electron chi connectivity index (χ1n) is 4.79. The fourth-order valence-electron chi connectivity index (χ4n) is 0.707. The van der Waals surface area contributed by atoms with Gasteiger partial charge in [-0.1, -0.05) is 0 Å². The summed E-state index contributed by atoms with van der Waals surface area (Å²) in [6, 6.07) is 0. The first kappa shape index (κ1) is 15.4. The van der Waals surface area contributed by atoms with Crippen molar-refractivity contribution in [1.29, 1.82) is 0 Å². The van der Waals surface area contributed by atoms with E-state index in [1.54, 1.807) is 0 Å². The average Bonchev–Trinajstić information content (AvgIpc) is 2.37. The molecule has 0 amide bonds. The van der Waals surface area contributed by atoms with E-state index in [4.69, 9.17) is 0 Å². The lowest BCUT2D eigenvalue weighted by Gasteiger charge is -1.98. The van der Waals surface area contributed by atoms with Crippen LogP contribution in [0.15, 0.2) is 22.1 Å². The molecule has 8 nitrogen and oxygen atoms in total. The van der Waals surface area contributed by atoms with Crippen LogP contribution in [0.5, 0.6) is 0 Å². The van der Waals surface area contributed by atoms with Gasteiger partial charge in [0.2, 0.25) is 12.2 Å². The van der Waals surface area contributed by atoms with Crippen LogP contribution in [-0.4, -0.2) is 50.4 Å². The van der Waals surface area contributed by atoms with Gasteiger partial charge < -0.3 is 9.47 Å². The summed E-state index contributed by atoms with van der Waals surface area (Å²) in [6.07, 6.45) is 4.30. The van der Waals surface area contributed by atoms with Gasteiger partial charge in [-0.3, -0.25) is 0 Å². The van der Waals surface area contributed by atoms with Gasteiger partial charge in [0, 0.05) is 12.2 Å². The van der Waals surface area contributed by atoms with E-state index in [0.29, 0.717) is 0 Å². The van der Waals surface area contributed by atoms with Crippen LogP contribution in [-0.2, 0) is 28.7 Å². The van der Waals surface area contributed by atoms with Gasteiger partial charge in [-0.15, -0.1) is 0 Å². The lowest BCUT2D eigenvalue weighted by molar-refractivity contribution is -0.140. The monoisotopic (exact) mass is 254 g/mol. The molecular formula is C10H10N2O6. The number of aliphatic imine (C=N–C) groups is 2. The van der Waals surface area contributed by atoms with Crippen LogP contribution in [0.3, 0.4) is 0 Å². The zero-order valence-electron chi connectivity index (χ0n) is 9.33. The Balaban J connectivity index is 3.77. The van der Waals surface area contributed by atoms with E-state index in [1.807, 2.05) is 0 Å². The molecule has 18 heavy (non-hydrogen) atoms. The maximum absolute atomic E-state index is 11.0. The number of hydrogen-bond donors (Lipinski definition) is 0. The Morgan fingerprint density at radius 2 is 1.28 bits per heavy atom. The van der Waals surface area contributed by atoms with Gasteiger partial charge in [-0.05, 0) is 0 Å². The SMILES string of the molecule is O=C=NCCOC(=O)/C=C/C(=O)OCCN=C=O. The number of isocyanates is 2. The summed E-state index contributed by atoms with van der Waals surface area (Å²) < 4.78 is 9.12. The molecule has 0 N–H and O–H groups in total. The van der Waals surface area contributed by atoms with Crippen molar-refractivity contribution >= 4 is 24.1 Å². The van der Waals surface area contributed by atoms with Crippen LogP contribution in [0.25, 0.3) is 0 Å². The molecule has 0 unspecified atom stereocenters. The molecule has 8 heteroatoms. The number of ether oxygens (including phenoxy) is 2. The Morgan fingerprint density at radius 1 is 0.889 bits per heavy atom. The summed E-state index contributed by atoms with van der Waals surface area (Å²) in [5.74, 6) is -1.53. The van der Waals surface area contributed by atoms with Gasteiger partial charge in [0.1, 0.15) is 13.2 Å². The van der Waals surface area contributed by atoms with Gasteiger partial charge in [-0.2, -0.15) is 0 Å². The minimum atomic E-state index is -0.765. The quantitative estimate of drug-likeness (QED) is 0.186. The van der Waals surface area contributed by atoms with E-state index in [0.717, 1.165) is 12.2 Å². The molecule has 0 saturated heterocycles. The minimum absolute atomic E-state index is 0.0111. The molecule has 0 aliphatic heterocycles. The Bertz CT molecular complexity index is 367. The van der Waals surface area contributed by atoms with Crippen LogP contribution >= 0.6 is 0 Å². The smallest absolute Gasteiger partial charge is 0.331 e. The predicted molar refractivity (Wildman–Crippen MR) is 57.0 cm³/mol. The lowest BCUT2D eigenvalue weighted by atomic mass is 10.5. The molecule has 0 bridgehead atoms. The standard InChI is InChI=1S/C10H10N2O6/c13-7-11-3-5-17-9(15)1-2-10(16)18-6-4-12-8-14/h1-2H,3-6H2/b2-1+. The Labute approximate surface area is 102 Å². The molecule has 0 aromatic rings.